The Kier molecular flexibility index (Phi) is 4.20. The van der Waals surface area contributed by atoms with Gasteiger partial charge in [0.2, 0.25) is 0 Å². The highest BCUT2D eigenvalue weighted by molar-refractivity contribution is 5.51. The van der Waals surface area contributed by atoms with Crippen LogP contribution in [-0.4, -0.2) is 14.2 Å². The molecule has 0 aliphatic carbocycles. The third-order valence-electron chi connectivity index (χ3n) is 3.21. The fraction of sp³-hybridized carbons (Fsp3) is 0.500. The highest BCUT2D eigenvalue weighted by atomic mass is 16.5. The van der Waals surface area contributed by atoms with Crippen LogP contribution in [0.2, 0.25) is 0 Å². The molecular formula is C14H20N2O2. The Labute approximate surface area is 108 Å². The molecule has 0 saturated heterocycles. The van der Waals surface area contributed by atoms with Crippen LogP contribution in [0.5, 0.6) is 11.5 Å². The van der Waals surface area contributed by atoms with Gasteiger partial charge in [-0.1, -0.05) is 0 Å². The smallest absolute Gasteiger partial charge is 0.130 e. The largest absolute Gasteiger partial charge is 0.496 e. The van der Waals surface area contributed by atoms with Crippen molar-refractivity contribution in [1.29, 1.82) is 5.26 Å². The van der Waals surface area contributed by atoms with Crippen LogP contribution < -0.4 is 15.2 Å². The molecule has 0 saturated carbocycles. The van der Waals surface area contributed by atoms with E-state index in [1.165, 1.54) is 0 Å². The highest BCUT2D eigenvalue weighted by Gasteiger charge is 2.30. The lowest BCUT2D eigenvalue weighted by Gasteiger charge is -2.27. The van der Waals surface area contributed by atoms with Crippen LogP contribution in [0.25, 0.3) is 0 Å². The number of rotatable bonds is 4. The standard InChI is InChI=1S/C14H20N2O2/c1-9-11(17-4)7-6-10(12(9)18-5)13(16)14(2,3)8-15/h6-7,13H,16H2,1-5H3. The predicted octanol–water partition coefficient (Wildman–Crippen LogP) is 2.56. The maximum Gasteiger partial charge on any atom is 0.130 e. The Balaban J connectivity index is 3.35. The van der Waals surface area contributed by atoms with Gasteiger partial charge in [0.05, 0.1) is 31.7 Å². The van der Waals surface area contributed by atoms with Crippen molar-refractivity contribution in [2.75, 3.05) is 14.2 Å². The van der Waals surface area contributed by atoms with Crippen LogP contribution in [0.3, 0.4) is 0 Å². The number of hydrogen-bond acceptors (Lipinski definition) is 4. The quantitative estimate of drug-likeness (QED) is 0.889. The third-order valence-corrected chi connectivity index (χ3v) is 3.21. The monoisotopic (exact) mass is 248 g/mol. The molecule has 0 heterocycles. The van der Waals surface area contributed by atoms with Gasteiger partial charge in [0.1, 0.15) is 11.5 Å². The van der Waals surface area contributed by atoms with Crippen molar-refractivity contribution < 1.29 is 9.47 Å². The summed E-state index contributed by atoms with van der Waals surface area (Å²) in [7, 11) is 3.21. The number of methoxy groups -OCH3 is 2. The molecule has 4 heteroatoms. The molecule has 1 rings (SSSR count). The lowest BCUT2D eigenvalue weighted by atomic mass is 9.81. The number of nitrogens with two attached hydrogens (primary N) is 1. The number of hydrogen-bond donors (Lipinski definition) is 1. The van der Waals surface area contributed by atoms with E-state index in [4.69, 9.17) is 20.5 Å². The van der Waals surface area contributed by atoms with Gasteiger partial charge in [-0.25, -0.2) is 0 Å². The van der Waals surface area contributed by atoms with Gasteiger partial charge < -0.3 is 15.2 Å². The van der Waals surface area contributed by atoms with Crippen LogP contribution in [0.15, 0.2) is 12.1 Å². The molecule has 1 aromatic rings. The summed E-state index contributed by atoms with van der Waals surface area (Å²) in [5, 5.41) is 9.16. The minimum absolute atomic E-state index is 0.415. The summed E-state index contributed by atoms with van der Waals surface area (Å²) in [5.41, 5.74) is 7.23. The summed E-state index contributed by atoms with van der Waals surface area (Å²) < 4.78 is 10.7. The molecule has 0 radical (unpaired) electrons. The Hall–Kier alpha value is -1.73. The molecule has 0 aromatic heterocycles. The molecule has 0 aliphatic rings. The van der Waals surface area contributed by atoms with Crippen molar-refractivity contribution in [3.05, 3.63) is 23.3 Å². The molecular weight excluding hydrogens is 228 g/mol. The predicted molar refractivity (Wildman–Crippen MR) is 70.6 cm³/mol. The molecule has 1 unspecified atom stereocenters. The normalized spacial score (nSPS) is 12.7. The van der Waals surface area contributed by atoms with Gasteiger partial charge >= 0.3 is 0 Å². The van der Waals surface area contributed by atoms with E-state index in [1.54, 1.807) is 14.2 Å². The molecule has 0 bridgehead atoms. The molecule has 0 fully saturated rings. The van der Waals surface area contributed by atoms with Crippen LogP contribution in [-0.2, 0) is 0 Å². The maximum atomic E-state index is 9.16. The Morgan fingerprint density at radius 2 is 1.89 bits per heavy atom. The molecule has 1 atom stereocenters. The summed E-state index contributed by atoms with van der Waals surface area (Å²) in [6, 6.07) is 5.52. The summed E-state index contributed by atoms with van der Waals surface area (Å²) in [6.07, 6.45) is 0. The maximum absolute atomic E-state index is 9.16. The minimum atomic E-state index is -0.658. The molecule has 2 N–H and O–H groups in total. The van der Waals surface area contributed by atoms with Gasteiger partial charge in [-0.2, -0.15) is 5.26 Å². The van der Waals surface area contributed by atoms with Crippen LogP contribution in [0, 0.1) is 23.7 Å². The van der Waals surface area contributed by atoms with Gasteiger partial charge in [0, 0.05) is 11.1 Å². The zero-order chi connectivity index (χ0) is 13.9. The topological polar surface area (TPSA) is 68.3 Å². The van der Waals surface area contributed by atoms with Gasteiger partial charge in [0.25, 0.3) is 0 Å². The fourth-order valence-corrected chi connectivity index (χ4v) is 1.89. The van der Waals surface area contributed by atoms with E-state index in [0.717, 1.165) is 16.9 Å². The van der Waals surface area contributed by atoms with Crippen molar-refractivity contribution in [1.82, 2.24) is 0 Å². The number of ether oxygens (including phenoxy) is 2. The minimum Gasteiger partial charge on any atom is -0.496 e. The summed E-state index contributed by atoms with van der Waals surface area (Å²) >= 11 is 0. The summed E-state index contributed by atoms with van der Waals surface area (Å²) in [6.45, 7) is 5.54. The summed E-state index contributed by atoms with van der Waals surface area (Å²) in [4.78, 5) is 0. The van der Waals surface area contributed by atoms with E-state index in [9.17, 15) is 0 Å². The van der Waals surface area contributed by atoms with Gasteiger partial charge in [-0.05, 0) is 32.9 Å². The second-order valence-electron chi connectivity index (χ2n) is 4.83. The van der Waals surface area contributed by atoms with Crippen LogP contribution >= 0.6 is 0 Å². The Bertz CT molecular complexity index is 475. The molecule has 4 nitrogen and oxygen atoms in total. The van der Waals surface area contributed by atoms with E-state index >= 15 is 0 Å². The van der Waals surface area contributed by atoms with Crippen molar-refractivity contribution in [3.8, 4) is 17.6 Å². The first-order valence-electron chi connectivity index (χ1n) is 5.77. The van der Waals surface area contributed by atoms with E-state index < -0.39 is 11.5 Å². The average Bonchev–Trinajstić information content (AvgIpc) is 2.37. The van der Waals surface area contributed by atoms with Crippen molar-refractivity contribution in [2.45, 2.75) is 26.8 Å². The first kappa shape index (κ1) is 14.3. The number of benzene rings is 1. The highest BCUT2D eigenvalue weighted by Crippen LogP contribution is 2.39. The Morgan fingerprint density at radius 1 is 1.28 bits per heavy atom. The molecule has 98 valence electrons. The van der Waals surface area contributed by atoms with E-state index in [-0.39, 0.29) is 0 Å². The lowest BCUT2D eigenvalue weighted by Crippen LogP contribution is -2.28. The lowest BCUT2D eigenvalue weighted by molar-refractivity contribution is 0.354. The number of nitriles is 1. The van der Waals surface area contributed by atoms with E-state index in [0.29, 0.717) is 5.75 Å². The third kappa shape index (κ3) is 2.41. The molecule has 0 amide bonds. The SMILES string of the molecule is COc1ccc(C(N)C(C)(C)C#N)c(OC)c1C. The fourth-order valence-electron chi connectivity index (χ4n) is 1.89. The number of nitrogens with zero attached hydrogens (tertiary/aromatic N) is 1. The zero-order valence-corrected chi connectivity index (χ0v) is 11.6. The van der Waals surface area contributed by atoms with Gasteiger partial charge in [-0.3, -0.25) is 0 Å². The second-order valence-corrected chi connectivity index (χ2v) is 4.83. The molecule has 0 spiro atoms. The first-order chi connectivity index (χ1) is 8.38. The first-order valence-corrected chi connectivity index (χ1v) is 5.77. The van der Waals surface area contributed by atoms with Gasteiger partial charge in [-0.15, -0.1) is 0 Å². The van der Waals surface area contributed by atoms with Crippen molar-refractivity contribution in [3.63, 3.8) is 0 Å². The Morgan fingerprint density at radius 3 is 2.33 bits per heavy atom. The van der Waals surface area contributed by atoms with E-state index in [2.05, 4.69) is 6.07 Å². The second kappa shape index (κ2) is 5.28. The van der Waals surface area contributed by atoms with E-state index in [1.807, 2.05) is 32.9 Å². The van der Waals surface area contributed by atoms with Crippen molar-refractivity contribution in [2.24, 2.45) is 11.1 Å². The summed E-state index contributed by atoms with van der Waals surface area (Å²) in [5.74, 6) is 1.43. The zero-order valence-electron chi connectivity index (χ0n) is 11.6. The molecule has 18 heavy (non-hydrogen) atoms. The van der Waals surface area contributed by atoms with Crippen LogP contribution in [0.4, 0.5) is 0 Å². The van der Waals surface area contributed by atoms with Crippen LogP contribution in [0.1, 0.15) is 31.0 Å². The van der Waals surface area contributed by atoms with Crippen molar-refractivity contribution >= 4 is 0 Å². The average molecular weight is 248 g/mol. The molecule has 1 aromatic carbocycles. The molecule has 0 aliphatic heterocycles. The van der Waals surface area contributed by atoms with Gasteiger partial charge in [0.15, 0.2) is 0 Å².